The van der Waals surface area contributed by atoms with Gasteiger partial charge in [0.15, 0.2) is 0 Å². The minimum Gasteiger partial charge on any atom is -0.477 e. The van der Waals surface area contributed by atoms with Crippen LogP contribution in [0.25, 0.3) is 21.8 Å². The van der Waals surface area contributed by atoms with Crippen molar-refractivity contribution in [3.8, 4) is 0 Å². The van der Waals surface area contributed by atoms with Crippen LogP contribution in [0.5, 0.6) is 0 Å². The van der Waals surface area contributed by atoms with Gasteiger partial charge in [0.1, 0.15) is 11.5 Å². The van der Waals surface area contributed by atoms with Crippen molar-refractivity contribution in [3.63, 3.8) is 0 Å². The summed E-state index contributed by atoms with van der Waals surface area (Å²) in [6.07, 6.45) is 1.84. The summed E-state index contributed by atoms with van der Waals surface area (Å²) in [5, 5.41) is 13.8. The van der Waals surface area contributed by atoms with Crippen molar-refractivity contribution < 1.29 is 14.3 Å². The monoisotopic (exact) mass is 309 g/mol. The highest BCUT2D eigenvalue weighted by atomic mass is 19.1. The molecule has 0 fully saturated rings. The maximum atomic E-state index is 13.9. The van der Waals surface area contributed by atoms with Crippen molar-refractivity contribution in [2.45, 2.75) is 0 Å². The molecule has 0 amide bonds. The van der Waals surface area contributed by atoms with Crippen LogP contribution in [0.1, 0.15) is 10.5 Å². The summed E-state index contributed by atoms with van der Waals surface area (Å²) in [5.41, 5.74) is 2.60. The van der Waals surface area contributed by atoms with Gasteiger partial charge in [-0.25, -0.2) is 9.18 Å². The number of carboxylic acid groups (broad SMARTS) is 1. The molecule has 0 saturated heterocycles. The first-order valence-electron chi connectivity index (χ1n) is 7.01. The number of hydrogen-bond acceptors (Lipinski definition) is 2. The fourth-order valence-corrected chi connectivity index (χ4v) is 2.75. The average molecular weight is 309 g/mol. The zero-order valence-electron chi connectivity index (χ0n) is 11.9. The van der Waals surface area contributed by atoms with E-state index < -0.39 is 11.8 Å². The average Bonchev–Trinajstić information content (AvgIpc) is 3.17. The van der Waals surface area contributed by atoms with Gasteiger partial charge in [-0.2, -0.15) is 0 Å². The minimum atomic E-state index is -1.13. The Bertz CT molecular complexity index is 1050. The van der Waals surface area contributed by atoms with Crippen molar-refractivity contribution in [2.75, 3.05) is 5.32 Å². The lowest BCUT2D eigenvalue weighted by atomic mass is 10.1. The van der Waals surface area contributed by atoms with E-state index in [2.05, 4.69) is 15.3 Å². The SMILES string of the molecule is O=C(O)c1cc2c(Nc3cccc4[nH]ccc34)ccc(F)c2[nH]1. The molecule has 2 aromatic heterocycles. The zero-order chi connectivity index (χ0) is 16.0. The van der Waals surface area contributed by atoms with Gasteiger partial charge in [0.2, 0.25) is 0 Å². The lowest BCUT2D eigenvalue weighted by molar-refractivity contribution is 0.0691. The maximum absolute atomic E-state index is 13.9. The first-order chi connectivity index (χ1) is 11.1. The quantitative estimate of drug-likeness (QED) is 0.457. The molecule has 2 aromatic carbocycles. The standard InChI is InChI=1S/C17H12FN3O2/c18-11-4-5-14(10-8-15(17(22)23)21-16(10)11)20-13-3-1-2-12-9(13)6-7-19-12/h1-8,19-21H,(H,22,23). The van der Waals surface area contributed by atoms with Crippen LogP contribution in [0.3, 0.4) is 0 Å². The van der Waals surface area contributed by atoms with Crippen LogP contribution >= 0.6 is 0 Å². The number of carbonyl (C=O) groups is 1. The largest absolute Gasteiger partial charge is 0.477 e. The van der Waals surface area contributed by atoms with Gasteiger partial charge < -0.3 is 20.4 Å². The van der Waals surface area contributed by atoms with Crippen molar-refractivity contribution in [2.24, 2.45) is 0 Å². The highest BCUT2D eigenvalue weighted by molar-refractivity contribution is 6.02. The molecule has 4 aromatic rings. The molecule has 0 atom stereocenters. The lowest BCUT2D eigenvalue weighted by Crippen LogP contribution is -1.95. The summed E-state index contributed by atoms with van der Waals surface area (Å²) in [7, 11) is 0. The number of carboxylic acids is 1. The Morgan fingerprint density at radius 2 is 1.91 bits per heavy atom. The van der Waals surface area contributed by atoms with Gasteiger partial charge in [-0.15, -0.1) is 0 Å². The summed E-state index contributed by atoms with van der Waals surface area (Å²) in [4.78, 5) is 16.8. The number of aromatic carboxylic acids is 1. The summed E-state index contributed by atoms with van der Waals surface area (Å²) in [6.45, 7) is 0. The molecule has 5 nitrogen and oxygen atoms in total. The van der Waals surface area contributed by atoms with Crippen LogP contribution in [0.2, 0.25) is 0 Å². The number of rotatable bonds is 3. The number of benzene rings is 2. The predicted molar refractivity (Wildman–Crippen MR) is 86.8 cm³/mol. The molecule has 0 unspecified atom stereocenters. The minimum absolute atomic E-state index is 0.0481. The van der Waals surface area contributed by atoms with Crippen LogP contribution in [0.15, 0.2) is 48.7 Å². The van der Waals surface area contributed by atoms with Crippen LogP contribution in [0, 0.1) is 5.82 Å². The molecular formula is C17H12FN3O2. The molecule has 0 spiro atoms. The second-order valence-electron chi connectivity index (χ2n) is 5.24. The van der Waals surface area contributed by atoms with Gasteiger partial charge in [0.05, 0.1) is 5.52 Å². The third kappa shape index (κ3) is 2.12. The molecule has 2 heterocycles. The van der Waals surface area contributed by atoms with E-state index in [9.17, 15) is 9.18 Å². The molecular weight excluding hydrogens is 297 g/mol. The van der Waals surface area contributed by atoms with Gasteiger partial charge >= 0.3 is 5.97 Å². The number of halogens is 1. The van der Waals surface area contributed by atoms with Gasteiger partial charge in [0, 0.05) is 33.9 Å². The maximum Gasteiger partial charge on any atom is 0.352 e. The molecule has 0 radical (unpaired) electrons. The number of anilines is 2. The number of fused-ring (bicyclic) bond motifs is 2. The Hall–Kier alpha value is -3.28. The summed E-state index contributed by atoms with van der Waals surface area (Å²) >= 11 is 0. The number of hydrogen-bond donors (Lipinski definition) is 4. The molecule has 4 rings (SSSR count). The van der Waals surface area contributed by atoms with Crippen molar-refractivity contribution in [1.29, 1.82) is 0 Å². The Balaban J connectivity index is 1.87. The third-order valence-electron chi connectivity index (χ3n) is 3.84. The smallest absolute Gasteiger partial charge is 0.352 e. The van der Waals surface area contributed by atoms with E-state index >= 15 is 0 Å². The van der Waals surface area contributed by atoms with Crippen molar-refractivity contribution in [1.82, 2.24) is 9.97 Å². The molecule has 6 heteroatoms. The molecule has 23 heavy (non-hydrogen) atoms. The van der Waals surface area contributed by atoms with E-state index in [4.69, 9.17) is 5.11 Å². The van der Waals surface area contributed by atoms with Gasteiger partial charge in [-0.05, 0) is 36.4 Å². The predicted octanol–water partition coefficient (Wildman–Crippen LogP) is 4.23. The topological polar surface area (TPSA) is 80.9 Å². The molecule has 0 bridgehead atoms. The van der Waals surface area contributed by atoms with Crippen LogP contribution in [-0.2, 0) is 0 Å². The van der Waals surface area contributed by atoms with E-state index in [1.54, 1.807) is 6.07 Å². The fourth-order valence-electron chi connectivity index (χ4n) is 2.75. The highest BCUT2D eigenvalue weighted by Crippen LogP contribution is 2.32. The fraction of sp³-hybridized carbons (Fsp3) is 0. The molecule has 114 valence electrons. The van der Waals surface area contributed by atoms with E-state index in [-0.39, 0.29) is 11.2 Å². The zero-order valence-corrected chi connectivity index (χ0v) is 11.9. The third-order valence-corrected chi connectivity index (χ3v) is 3.84. The highest BCUT2D eigenvalue weighted by Gasteiger charge is 2.14. The normalized spacial score (nSPS) is 11.2. The summed E-state index contributed by atoms with van der Waals surface area (Å²) in [5.74, 6) is -1.61. The number of H-pyrrole nitrogens is 2. The number of aromatic nitrogens is 2. The molecule has 0 aliphatic heterocycles. The van der Waals surface area contributed by atoms with E-state index in [1.165, 1.54) is 12.1 Å². The summed E-state index contributed by atoms with van der Waals surface area (Å²) < 4.78 is 13.9. The van der Waals surface area contributed by atoms with Crippen molar-refractivity contribution in [3.05, 3.63) is 60.2 Å². The van der Waals surface area contributed by atoms with E-state index in [0.29, 0.717) is 11.1 Å². The van der Waals surface area contributed by atoms with E-state index in [0.717, 1.165) is 16.6 Å². The van der Waals surface area contributed by atoms with Crippen LogP contribution in [0.4, 0.5) is 15.8 Å². The first kappa shape index (κ1) is 13.4. The Labute approximate surface area is 129 Å². The second-order valence-corrected chi connectivity index (χ2v) is 5.24. The van der Waals surface area contributed by atoms with Gasteiger partial charge in [-0.1, -0.05) is 6.07 Å². The number of aromatic amines is 2. The van der Waals surface area contributed by atoms with Crippen LogP contribution < -0.4 is 5.32 Å². The molecule has 0 aliphatic carbocycles. The molecule has 4 N–H and O–H groups in total. The second kappa shape index (κ2) is 4.88. The number of nitrogens with one attached hydrogen (secondary N) is 3. The molecule has 0 aliphatic rings. The first-order valence-corrected chi connectivity index (χ1v) is 7.01. The van der Waals surface area contributed by atoms with E-state index in [1.807, 2.05) is 30.5 Å². The molecule has 0 saturated carbocycles. The lowest BCUT2D eigenvalue weighted by Gasteiger charge is -2.09. The Morgan fingerprint density at radius 1 is 1.09 bits per heavy atom. The van der Waals surface area contributed by atoms with Crippen LogP contribution in [-0.4, -0.2) is 21.0 Å². The Morgan fingerprint density at radius 3 is 2.74 bits per heavy atom. The van der Waals surface area contributed by atoms with Crippen molar-refractivity contribution >= 4 is 39.1 Å². The summed E-state index contributed by atoms with van der Waals surface area (Å²) in [6, 6.07) is 12.1. The van der Waals surface area contributed by atoms with Gasteiger partial charge in [-0.3, -0.25) is 0 Å². The van der Waals surface area contributed by atoms with Gasteiger partial charge in [0.25, 0.3) is 0 Å². The Kier molecular flexibility index (Phi) is 2.84.